The standard InChI is InChI=1S/C16H19NO/c1-2-14-5-3-4-6-16(14)18-12-11-13-7-9-15(17)10-8-13/h3-10H,2,11-12,17H2,1H3. The number of para-hydroxylation sites is 1. The lowest BCUT2D eigenvalue weighted by molar-refractivity contribution is 0.319. The zero-order valence-corrected chi connectivity index (χ0v) is 10.7. The number of anilines is 1. The highest BCUT2D eigenvalue weighted by atomic mass is 16.5. The van der Waals surface area contributed by atoms with Crippen LogP contribution in [0.4, 0.5) is 5.69 Å². The second-order valence-electron chi connectivity index (χ2n) is 4.30. The lowest BCUT2D eigenvalue weighted by Crippen LogP contribution is -2.03. The normalized spacial score (nSPS) is 10.3. The van der Waals surface area contributed by atoms with E-state index in [9.17, 15) is 0 Å². The third kappa shape index (κ3) is 3.27. The molecule has 0 aromatic heterocycles. The van der Waals surface area contributed by atoms with Crippen LogP contribution in [0.3, 0.4) is 0 Å². The zero-order valence-electron chi connectivity index (χ0n) is 10.7. The van der Waals surface area contributed by atoms with Crippen LogP contribution < -0.4 is 10.5 Å². The van der Waals surface area contributed by atoms with Crippen LogP contribution in [0.1, 0.15) is 18.1 Å². The maximum absolute atomic E-state index is 5.83. The van der Waals surface area contributed by atoms with Gasteiger partial charge in [-0.2, -0.15) is 0 Å². The third-order valence-electron chi connectivity index (χ3n) is 2.98. The minimum Gasteiger partial charge on any atom is -0.493 e. The summed E-state index contributed by atoms with van der Waals surface area (Å²) in [5.74, 6) is 0.996. The maximum atomic E-state index is 5.83. The molecule has 2 aromatic carbocycles. The Morgan fingerprint density at radius 1 is 1.00 bits per heavy atom. The van der Waals surface area contributed by atoms with Gasteiger partial charge in [0, 0.05) is 12.1 Å². The van der Waals surface area contributed by atoms with Crippen LogP contribution >= 0.6 is 0 Å². The van der Waals surface area contributed by atoms with E-state index in [0.717, 1.165) is 24.3 Å². The van der Waals surface area contributed by atoms with Crippen LogP contribution in [0, 0.1) is 0 Å². The van der Waals surface area contributed by atoms with E-state index in [2.05, 4.69) is 13.0 Å². The van der Waals surface area contributed by atoms with Gasteiger partial charge in [0.1, 0.15) is 5.75 Å². The molecule has 2 heteroatoms. The minimum absolute atomic E-state index is 0.695. The fraction of sp³-hybridized carbons (Fsp3) is 0.250. The van der Waals surface area contributed by atoms with Gasteiger partial charge in [-0.1, -0.05) is 37.3 Å². The molecule has 0 radical (unpaired) electrons. The van der Waals surface area contributed by atoms with E-state index in [-0.39, 0.29) is 0 Å². The van der Waals surface area contributed by atoms with Crippen LogP contribution in [0.5, 0.6) is 5.75 Å². The molecule has 2 aromatic rings. The van der Waals surface area contributed by atoms with Crippen LogP contribution in [0.2, 0.25) is 0 Å². The summed E-state index contributed by atoms with van der Waals surface area (Å²) >= 11 is 0. The molecule has 0 aliphatic heterocycles. The topological polar surface area (TPSA) is 35.2 Å². The highest BCUT2D eigenvalue weighted by Crippen LogP contribution is 2.18. The predicted molar refractivity (Wildman–Crippen MR) is 75.9 cm³/mol. The molecule has 0 heterocycles. The number of benzene rings is 2. The maximum Gasteiger partial charge on any atom is 0.122 e. The quantitative estimate of drug-likeness (QED) is 0.814. The molecular weight excluding hydrogens is 222 g/mol. The van der Waals surface area contributed by atoms with E-state index < -0.39 is 0 Å². The first-order valence-electron chi connectivity index (χ1n) is 6.34. The molecule has 0 amide bonds. The molecule has 2 N–H and O–H groups in total. The fourth-order valence-electron chi connectivity index (χ4n) is 1.90. The minimum atomic E-state index is 0.695. The Labute approximate surface area is 108 Å². The Morgan fingerprint density at radius 3 is 2.44 bits per heavy atom. The molecule has 2 rings (SSSR count). The summed E-state index contributed by atoms with van der Waals surface area (Å²) in [4.78, 5) is 0. The molecule has 0 atom stereocenters. The summed E-state index contributed by atoms with van der Waals surface area (Å²) in [7, 11) is 0. The molecule has 0 aliphatic carbocycles. The van der Waals surface area contributed by atoms with E-state index in [1.807, 2.05) is 42.5 Å². The van der Waals surface area contributed by atoms with Crippen molar-refractivity contribution in [1.29, 1.82) is 0 Å². The van der Waals surface area contributed by atoms with Crippen molar-refractivity contribution in [2.75, 3.05) is 12.3 Å². The number of rotatable bonds is 5. The van der Waals surface area contributed by atoms with Gasteiger partial charge in [-0.05, 0) is 35.7 Å². The molecule has 0 aliphatic rings. The number of aryl methyl sites for hydroxylation is 1. The van der Waals surface area contributed by atoms with Gasteiger partial charge in [0.25, 0.3) is 0 Å². The summed E-state index contributed by atoms with van der Waals surface area (Å²) in [6.45, 7) is 2.84. The second kappa shape index (κ2) is 6.10. The third-order valence-corrected chi connectivity index (χ3v) is 2.98. The van der Waals surface area contributed by atoms with Crippen molar-refractivity contribution in [2.45, 2.75) is 19.8 Å². The Hall–Kier alpha value is -1.96. The zero-order chi connectivity index (χ0) is 12.8. The largest absolute Gasteiger partial charge is 0.493 e. The van der Waals surface area contributed by atoms with Crippen molar-refractivity contribution in [3.8, 4) is 5.75 Å². The summed E-state index contributed by atoms with van der Waals surface area (Å²) < 4.78 is 5.83. The van der Waals surface area contributed by atoms with Crippen molar-refractivity contribution in [2.24, 2.45) is 0 Å². The SMILES string of the molecule is CCc1ccccc1OCCc1ccc(N)cc1. The van der Waals surface area contributed by atoms with E-state index in [0.29, 0.717) is 6.61 Å². The number of nitrogen functional groups attached to an aromatic ring is 1. The lowest BCUT2D eigenvalue weighted by atomic mass is 10.1. The van der Waals surface area contributed by atoms with Gasteiger partial charge in [-0.3, -0.25) is 0 Å². The van der Waals surface area contributed by atoms with Crippen molar-refractivity contribution in [3.05, 3.63) is 59.7 Å². The predicted octanol–water partition coefficient (Wildman–Crippen LogP) is 3.45. The van der Waals surface area contributed by atoms with E-state index in [1.165, 1.54) is 11.1 Å². The van der Waals surface area contributed by atoms with Gasteiger partial charge in [-0.25, -0.2) is 0 Å². The molecule has 18 heavy (non-hydrogen) atoms. The molecule has 0 saturated heterocycles. The van der Waals surface area contributed by atoms with Crippen LogP contribution in [0.15, 0.2) is 48.5 Å². The van der Waals surface area contributed by atoms with Crippen LogP contribution in [-0.4, -0.2) is 6.61 Å². The molecule has 2 nitrogen and oxygen atoms in total. The smallest absolute Gasteiger partial charge is 0.122 e. The fourth-order valence-corrected chi connectivity index (χ4v) is 1.90. The van der Waals surface area contributed by atoms with Crippen molar-refractivity contribution < 1.29 is 4.74 Å². The summed E-state index contributed by atoms with van der Waals surface area (Å²) in [6.07, 6.45) is 1.90. The Kier molecular flexibility index (Phi) is 4.24. The highest BCUT2D eigenvalue weighted by molar-refractivity contribution is 5.39. The molecule has 94 valence electrons. The molecule has 0 fully saturated rings. The Morgan fingerprint density at radius 2 is 1.72 bits per heavy atom. The first kappa shape index (κ1) is 12.5. The van der Waals surface area contributed by atoms with E-state index in [4.69, 9.17) is 10.5 Å². The molecule has 0 saturated carbocycles. The van der Waals surface area contributed by atoms with E-state index >= 15 is 0 Å². The second-order valence-corrected chi connectivity index (χ2v) is 4.30. The van der Waals surface area contributed by atoms with Gasteiger partial charge in [0.2, 0.25) is 0 Å². The Balaban J connectivity index is 1.90. The van der Waals surface area contributed by atoms with Crippen LogP contribution in [-0.2, 0) is 12.8 Å². The molecule has 0 spiro atoms. The van der Waals surface area contributed by atoms with Crippen LogP contribution in [0.25, 0.3) is 0 Å². The number of nitrogens with two attached hydrogens (primary N) is 1. The van der Waals surface area contributed by atoms with Gasteiger partial charge in [0.15, 0.2) is 0 Å². The van der Waals surface area contributed by atoms with Crippen molar-refractivity contribution >= 4 is 5.69 Å². The number of hydrogen-bond donors (Lipinski definition) is 1. The average Bonchev–Trinajstić information content (AvgIpc) is 2.41. The molecule has 0 bridgehead atoms. The van der Waals surface area contributed by atoms with Gasteiger partial charge >= 0.3 is 0 Å². The number of ether oxygens (including phenoxy) is 1. The first-order valence-corrected chi connectivity index (χ1v) is 6.34. The summed E-state index contributed by atoms with van der Waals surface area (Å²) in [5, 5.41) is 0. The summed E-state index contributed by atoms with van der Waals surface area (Å²) in [5.41, 5.74) is 8.96. The van der Waals surface area contributed by atoms with Crippen molar-refractivity contribution in [1.82, 2.24) is 0 Å². The first-order chi connectivity index (χ1) is 8.79. The van der Waals surface area contributed by atoms with Gasteiger partial charge in [-0.15, -0.1) is 0 Å². The lowest BCUT2D eigenvalue weighted by Gasteiger charge is -2.10. The average molecular weight is 241 g/mol. The molecule has 0 unspecified atom stereocenters. The molecular formula is C16H19NO. The van der Waals surface area contributed by atoms with Gasteiger partial charge in [0.05, 0.1) is 6.61 Å². The number of hydrogen-bond acceptors (Lipinski definition) is 2. The highest BCUT2D eigenvalue weighted by Gasteiger charge is 2.00. The Bertz CT molecular complexity index is 491. The van der Waals surface area contributed by atoms with Crippen molar-refractivity contribution in [3.63, 3.8) is 0 Å². The van der Waals surface area contributed by atoms with E-state index in [1.54, 1.807) is 0 Å². The summed E-state index contributed by atoms with van der Waals surface area (Å²) in [6, 6.07) is 16.1. The monoisotopic (exact) mass is 241 g/mol. The van der Waals surface area contributed by atoms with Gasteiger partial charge < -0.3 is 10.5 Å².